The van der Waals surface area contributed by atoms with E-state index < -0.39 is 0 Å². The third-order valence-corrected chi connectivity index (χ3v) is 3.29. The van der Waals surface area contributed by atoms with Crippen LogP contribution in [0.15, 0.2) is 27.8 Å². The van der Waals surface area contributed by atoms with Crippen LogP contribution in [0.4, 0.5) is 17.8 Å². The first-order valence-electron chi connectivity index (χ1n) is 7.13. The molecule has 0 aliphatic heterocycles. The van der Waals surface area contributed by atoms with Gasteiger partial charge in [-0.05, 0) is 53.5 Å². The zero-order valence-corrected chi connectivity index (χ0v) is 14.4. The second kappa shape index (κ2) is 8.28. The van der Waals surface area contributed by atoms with E-state index in [4.69, 9.17) is 0 Å². The Morgan fingerprint density at radius 1 is 1.09 bits per heavy atom. The Morgan fingerprint density at radius 2 is 1.70 bits per heavy atom. The Kier molecular flexibility index (Phi) is 6.10. The lowest BCUT2D eigenvalue weighted by Crippen LogP contribution is -2.10. The molecule has 2 aromatic rings. The molecule has 0 amide bonds. The molecule has 23 heavy (non-hydrogen) atoms. The highest BCUT2D eigenvalue weighted by atomic mass is 79.9. The minimum absolute atomic E-state index is 0.179. The second-order valence-electron chi connectivity index (χ2n) is 4.45. The van der Waals surface area contributed by atoms with Gasteiger partial charge in [0.05, 0.1) is 10.7 Å². The molecule has 0 aliphatic carbocycles. The molecule has 1 aromatic carbocycles. The minimum atomic E-state index is 0.179. The monoisotopic (exact) mass is 379 g/mol. The Morgan fingerprint density at radius 3 is 2.26 bits per heavy atom. The number of anilines is 3. The zero-order chi connectivity index (χ0) is 16.7. The molecule has 0 saturated heterocycles. The Balaban J connectivity index is 2.11. The van der Waals surface area contributed by atoms with Crippen molar-refractivity contribution in [2.75, 3.05) is 29.1 Å². The van der Waals surface area contributed by atoms with Crippen LogP contribution in [0.3, 0.4) is 0 Å². The lowest BCUT2D eigenvalue weighted by Gasteiger charge is -2.07. The van der Waals surface area contributed by atoms with Crippen LogP contribution < -0.4 is 16.1 Å². The minimum Gasteiger partial charge on any atom is -0.507 e. The number of rotatable bonds is 7. The summed E-state index contributed by atoms with van der Waals surface area (Å²) in [5.74, 6) is 1.46. The fourth-order valence-corrected chi connectivity index (χ4v) is 2.06. The molecule has 122 valence electrons. The molecule has 8 nitrogen and oxygen atoms in total. The van der Waals surface area contributed by atoms with Crippen molar-refractivity contribution in [3.63, 3.8) is 0 Å². The molecule has 0 bridgehead atoms. The zero-order valence-electron chi connectivity index (χ0n) is 12.8. The summed E-state index contributed by atoms with van der Waals surface area (Å²) in [6.07, 6.45) is 1.60. The molecule has 1 heterocycles. The van der Waals surface area contributed by atoms with E-state index in [0.717, 1.165) is 5.56 Å². The van der Waals surface area contributed by atoms with Crippen LogP contribution in [0.1, 0.15) is 19.4 Å². The highest BCUT2D eigenvalue weighted by Crippen LogP contribution is 2.23. The van der Waals surface area contributed by atoms with E-state index in [9.17, 15) is 5.11 Å². The van der Waals surface area contributed by atoms with Gasteiger partial charge in [0.15, 0.2) is 0 Å². The van der Waals surface area contributed by atoms with Gasteiger partial charge in [-0.3, -0.25) is 0 Å². The summed E-state index contributed by atoms with van der Waals surface area (Å²) >= 11 is 3.25. The summed E-state index contributed by atoms with van der Waals surface area (Å²) in [6, 6.07) is 5.08. The normalized spacial score (nSPS) is 10.7. The fraction of sp³-hybridized carbons (Fsp3) is 0.286. The molecule has 0 atom stereocenters. The average molecular weight is 380 g/mol. The van der Waals surface area contributed by atoms with Gasteiger partial charge in [-0.25, -0.2) is 5.43 Å². The van der Waals surface area contributed by atoms with Crippen LogP contribution in [0, 0.1) is 0 Å². The van der Waals surface area contributed by atoms with Gasteiger partial charge < -0.3 is 15.7 Å². The summed E-state index contributed by atoms with van der Waals surface area (Å²) in [7, 11) is 0. The van der Waals surface area contributed by atoms with Gasteiger partial charge in [0.25, 0.3) is 0 Å². The standard InChI is InChI=1S/C14H18BrN7O/c1-3-16-12-19-13(17-4-2)21-14(20-12)22-18-8-9-5-6-11(23)10(15)7-9/h5-8,23H,3-4H2,1-2H3,(H3,16,17,19,20,21,22)/b18-8+. The number of hydrogen-bond acceptors (Lipinski definition) is 8. The van der Waals surface area contributed by atoms with E-state index >= 15 is 0 Å². The van der Waals surface area contributed by atoms with Gasteiger partial charge >= 0.3 is 0 Å². The topological polar surface area (TPSA) is 107 Å². The first-order valence-corrected chi connectivity index (χ1v) is 7.93. The number of hydrazone groups is 1. The molecule has 2 rings (SSSR count). The van der Waals surface area contributed by atoms with Crippen LogP contribution in [0.5, 0.6) is 5.75 Å². The molecule has 0 spiro atoms. The van der Waals surface area contributed by atoms with Gasteiger partial charge in [0.2, 0.25) is 17.8 Å². The van der Waals surface area contributed by atoms with Crippen molar-refractivity contribution in [2.45, 2.75) is 13.8 Å². The maximum atomic E-state index is 9.46. The maximum absolute atomic E-state index is 9.46. The van der Waals surface area contributed by atoms with Gasteiger partial charge in [0.1, 0.15) is 5.75 Å². The van der Waals surface area contributed by atoms with E-state index in [1.165, 1.54) is 0 Å². The number of nitrogens with one attached hydrogen (secondary N) is 3. The van der Waals surface area contributed by atoms with Crippen molar-refractivity contribution in [1.29, 1.82) is 0 Å². The summed E-state index contributed by atoms with van der Waals surface area (Å²) in [5.41, 5.74) is 3.59. The number of aromatic nitrogens is 3. The third-order valence-electron chi connectivity index (χ3n) is 2.66. The van der Waals surface area contributed by atoms with Crippen molar-refractivity contribution in [3.05, 3.63) is 28.2 Å². The van der Waals surface area contributed by atoms with E-state index in [1.807, 2.05) is 13.8 Å². The van der Waals surface area contributed by atoms with Crippen LogP contribution in [-0.4, -0.2) is 39.4 Å². The average Bonchev–Trinajstić information content (AvgIpc) is 2.51. The molecule has 0 radical (unpaired) electrons. The molecule has 4 N–H and O–H groups in total. The van der Waals surface area contributed by atoms with Crippen LogP contribution in [-0.2, 0) is 0 Å². The SMILES string of the molecule is CCNc1nc(NCC)nc(N/N=C/c2ccc(O)c(Br)c2)n1. The van der Waals surface area contributed by atoms with Crippen LogP contribution in [0.25, 0.3) is 0 Å². The maximum Gasteiger partial charge on any atom is 0.250 e. The smallest absolute Gasteiger partial charge is 0.250 e. The van der Waals surface area contributed by atoms with E-state index in [1.54, 1.807) is 24.4 Å². The first kappa shape index (κ1) is 16.9. The van der Waals surface area contributed by atoms with Gasteiger partial charge in [-0.2, -0.15) is 20.1 Å². The van der Waals surface area contributed by atoms with Gasteiger partial charge in [-0.15, -0.1) is 0 Å². The Hall–Kier alpha value is -2.42. The highest BCUT2D eigenvalue weighted by molar-refractivity contribution is 9.10. The number of aromatic hydroxyl groups is 1. The Labute approximate surface area is 142 Å². The van der Waals surface area contributed by atoms with Crippen molar-refractivity contribution >= 4 is 40.0 Å². The van der Waals surface area contributed by atoms with E-state index in [2.05, 4.69) is 52.0 Å². The Bertz CT molecular complexity index is 669. The van der Waals surface area contributed by atoms with Crippen molar-refractivity contribution in [2.24, 2.45) is 5.10 Å². The number of benzene rings is 1. The fourth-order valence-electron chi connectivity index (χ4n) is 1.67. The van der Waals surface area contributed by atoms with Crippen molar-refractivity contribution in [1.82, 2.24) is 15.0 Å². The molecule has 1 aromatic heterocycles. The molecule has 9 heteroatoms. The number of phenols is 1. The first-order chi connectivity index (χ1) is 11.1. The number of nitrogens with zero attached hydrogens (tertiary/aromatic N) is 4. The lowest BCUT2D eigenvalue weighted by atomic mass is 10.2. The van der Waals surface area contributed by atoms with Crippen molar-refractivity contribution in [3.8, 4) is 5.75 Å². The quantitative estimate of drug-likeness (QED) is 0.432. The summed E-state index contributed by atoms with van der Waals surface area (Å²) in [6.45, 7) is 5.34. The third kappa shape index (κ3) is 5.06. The molecular weight excluding hydrogens is 362 g/mol. The molecule has 0 fully saturated rings. The van der Waals surface area contributed by atoms with Gasteiger partial charge in [0, 0.05) is 13.1 Å². The summed E-state index contributed by atoms with van der Waals surface area (Å²) in [4.78, 5) is 12.7. The number of hydrogen-bond donors (Lipinski definition) is 4. The van der Waals surface area contributed by atoms with Gasteiger partial charge in [-0.1, -0.05) is 0 Å². The second-order valence-corrected chi connectivity index (χ2v) is 5.30. The largest absolute Gasteiger partial charge is 0.507 e. The van der Waals surface area contributed by atoms with E-state index in [-0.39, 0.29) is 5.75 Å². The van der Waals surface area contributed by atoms with Crippen molar-refractivity contribution < 1.29 is 5.11 Å². The number of halogens is 1. The molecular formula is C14H18BrN7O. The molecule has 0 unspecified atom stereocenters. The predicted molar refractivity (Wildman–Crippen MR) is 95.2 cm³/mol. The van der Waals surface area contributed by atoms with Crippen LogP contribution in [0.2, 0.25) is 0 Å². The predicted octanol–water partition coefficient (Wildman–Crippen LogP) is 2.65. The lowest BCUT2D eigenvalue weighted by molar-refractivity contribution is 0.472. The summed E-state index contributed by atoms with van der Waals surface area (Å²) < 4.78 is 0.602. The van der Waals surface area contributed by atoms with Crippen LogP contribution >= 0.6 is 15.9 Å². The summed E-state index contributed by atoms with van der Waals surface area (Å²) in [5, 5.41) is 19.6. The number of phenolic OH excluding ortho intramolecular Hbond substituents is 1. The highest BCUT2D eigenvalue weighted by Gasteiger charge is 2.04. The molecule has 0 aliphatic rings. The van der Waals surface area contributed by atoms with E-state index in [0.29, 0.717) is 35.4 Å². The molecule has 0 saturated carbocycles.